The SMILES string of the molecule is CCC(SC1=Nc2ccccc2C2=NC(c3ccccc3)C(=O)N12)C(=O)N1CCc2ccccc21. The standard InChI is InChI=1S/C28H24N4O2S/c1-2-23(26(33)31-17-16-18-10-6-9-15-22(18)31)35-28-29-21-14-8-7-13-20(21)25-30-24(27(34)32(25)28)19-11-4-3-5-12-19/h3-15,23-24H,2,16-17H2,1H3. The first-order chi connectivity index (χ1) is 17.2. The van der Waals surface area contributed by atoms with Crippen molar-refractivity contribution in [2.45, 2.75) is 31.1 Å². The molecule has 0 aromatic heterocycles. The molecule has 0 radical (unpaired) electrons. The number of amides is 2. The maximum atomic E-state index is 13.6. The van der Waals surface area contributed by atoms with E-state index < -0.39 is 6.04 Å². The highest BCUT2D eigenvalue weighted by Gasteiger charge is 2.43. The lowest BCUT2D eigenvalue weighted by atomic mass is 10.1. The fourth-order valence-electron chi connectivity index (χ4n) is 4.86. The van der Waals surface area contributed by atoms with E-state index in [-0.39, 0.29) is 17.1 Å². The molecule has 0 N–H and O–H groups in total. The van der Waals surface area contributed by atoms with Crippen LogP contribution in [0.5, 0.6) is 0 Å². The number of thioether (sulfide) groups is 1. The first-order valence-corrected chi connectivity index (χ1v) is 12.7. The fourth-order valence-corrected chi connectivity index (χ4v) is 5.94. The Hall–Kier alpha value is -3.71. The number of benzene rings is 3. The third-order valence-corrected chi connectivity index (χ3v) is 7.94. The number of para-hydroxylation sites is 2. The molecule has 2 amide bonds. The Morgan fingerprint density at radius 1 is 1.03 bits per heavy atom. The van der Waals surface area contributed by atoms with Crippen LogP contribution in [0.1, 0.15) is 36.1 Å². The highest BCUT2D eigenvalue weighted by atomic mass is 32.2. The molecule has 3 aromatic carbocycles. The predicted octanol–water partition coefficient (Wildman–Crippen LogP) is 5.12. The van der Waals surface area contributed by atoms with Crippen molar-refractivity contribution in [1.82, 2.24) is 4.90 Å². The topological polar surface area (TPSA) is 65.3 Å². The first kappa shape index (κ1) is 21.8. The van der Waals surface area contributed by atoms with Crippen LogP contribution in [0.25, 0.3) is 0 Å². The van der Waals surface area contributed by atoms with Gasteiger partial charge in [0.1, 0.15) is 5.84 Å². The number of carbonyl (C=O) groups excluding carboxylic acids is 2. The van der Waals surface area contributed by atoms with Crippen molar-refractivity contribution >= 4 is 46.0 Å². The van der Waals surface area contributed by atoms with E-state index in [9.17, 15) is 9.59 Å². The number of fused-ring (bicyclic) bond motifs is 4. The van der Waals surface area contributed by atoms with Crippen LogP contribution < -0.4 is 4.90 Å². The number of hydrogen-bond donors (Lipinski definition) is 0. The molecule has 174 valence electrons. The number of amidine groups is 2. The van der Waals surface area contributed by atoms with Gasteiger partial charge in [0.15, 0.2) is 11.2 Å². The van der Waals surface area contributed by atoms with Gasteiger partial charge < -0.3 is 4.90 Å². The lowest BCUT2D eigenvalue weighted by molar-refractivity contribution is -0.124. The largest absolute Gasteiger partial charge is 0.311 e. The Bertz CT molecular complexity index is 1380. The van der Waals surface area contributed by atoms with Crippen LogP contribution in [0.4, 0.5) is 11.4 Å². The minimum Gasteiger partial charge on any atom is -0.311 e. The van der Waals surface area contributed by atoms with Gasteiger partial charge in [0, 0.05) is 17.8 Å². The van der Waals surface area contributed by atoms with Crippen molar-refractivity contribution in [3.8, 4) is 0 Å². The van der Waals surface area contributed by atoms with Crippen molar-refractivity contribution in [1.29, 1.82) is 0 Å². The first-order valence-electron chi connectivity index (χ1n) is 11.9. The van der Waals surface area contributed by atoms with Crippen LogP contribution in [-0.2, 0) is 16.0 Å². The van der Waals surface area contributed by atoms with E-state index in [0.29, 0.717) is 24.0 Å². The van der Waals surface area contributed by atoms with E-state index in [1.165, 1.54) is 17.3 Å². The summed E-state index contributed by atoms with van der Waals surface area (Å²) in [4.78, 5) is 40.4. The quantitative estimate of drug-likeness (QED) is 0.521. The fraction of sp³-hybridized carbons (Fsp3) is 0.214. The molecule has 0 fully saturated rings. The van der Waals surface area contributed by atoms with Gasteiger partial charge in [0.2, 0.25) is 5.91 Å². The van der Waals surface area contributed by atoms with Gasteiger partial charge >= 0.3 is 0 Å². The van der Waals surface area contributed by atoms with Gasteiger partial charge in [-0.05, 0) is 42.2 Å². The second-order valence-corrected chi connectivity index (χ2v) is 9.90. The summed E-state index contributed by atoms with van der Waals surface area (Å²) in [6.45, 7) is 2.68. The second kappa shape index (κ2) is 8.82. The Labute approximate surface area is 208 Å². The smallest absolute Gasteiger partial charge is 0.263 e. The third kappa shape index (κ3) is 3.67. The number of aliphatic imine (C=N–C) groups is 2. The van der Waals surface area contributed by atoms with Crippen molar-refractivity contribution in [2.75, 3.05) is 11.4 Å². The Balaban J connectivity index is 1.34. The van der Waals surface area contributed by atoms with Gasteiger partial charge in [0.05, 0.1) is 10.9 Å². The average Bonchev–Trinajstić information content (AvgIpc) is 3.49. The minimum atomic E-state index is -0.621. The summed E-state index contributed by atoms with van der Waals surface area (Å²) in [5.74, 6) is 0.514. The summed E-state index contributed by atoms with van der Waals surface area (Å²) >= 11 is 1.36. The monoisotopic (exact) mass is 480 g/mol. The predicted molar refractivity (Wildman–Crippen MR) is 140 cm³/mol. The zero-order valence-electron chi connectivity index (χ0n) is 19.3. The van der Waals surface area contributed by atoms with Crippen LogP contribution in [0, 0.1) is 0 Å². The van der Waals surface area contributed by atoms with Crippen molar-refractivity contribution in [3.63, 3.8) is 0 Å². The zero-order chi connectivity index (χ0) is 23.9. The number of rotatable bonds is 4. The van der Waals surface area contributed by atoms with Gasteiger partial charge in [-0.1, -0.05) is 79.3 Å². The van der Waals surface area contributed by atoms with Gasteiger partial charge in [0.25, 0.3) is 5.91 Å². The summed E-state index contributed by atoms with van der Waals surface area (Å²) in [5, 5.41) is 0.147. The Kier molecular flexibility index (Phi) is 5.49. The van der Waals surface area contributed by atoms with E-state index >= 15 is 0 Å². The molecular weight excluding hydrogens is 456 g/mol. The lowest BCUT2D eigenvalue weighted by Gasteiger charge is -2.29. The summed E-state index contributed by atoms with van der Waals surface area (Å²) < 4.78 is 0. The maximum absolute atomic E-state index is 13.6. The Morgan fingerprint density at radius 3 is 2.60 bits per heavy atom. The maximum Gasteiger partial charge on any atom is 0.263 e. The molecule has 0 spiro atoms. The summed E-state index contributed by atoms with van der Waals surface area (Å²) in [7, 11) is 0. The Morgan fingerprint density at radius 2 is 1.77 bits per heavy atom. The van der Waals surface area contributed by atoms with Crippen LogP contribution in [0.2, 0.25) is 0 Å². The molecule has 3 aliphatic rings. The van der Waals surface area contributed by atoms with Gasteiger partial charge in [-0.15, -0.1) is 0 Å². The van der Waals surface area contributed by atoms with Crippen molar-refractivity contribution < 1.29 is 9.59 Å². The molecule has 3 aliphatic heterocycles. The van der Waals surface area contributed by atoms with Crippen LogP contribution in [0.3, 0.4) is 0 Å². The van der Waals surface area contributed by atoms with E-state index in [1.54, 1.807) is 4.90 Å². The van der Waals surface area contributed by atoms with Gasteiger partial charge in [-0.3, -0.25) is 9.59 Å². The molecular formula is C28H24N4O2S. The molecule has 2 unspecified atom stereocenters. The van der Waals surface area contributed by atoms with E-state index in [2.05, 4.69) is 6.07 Å². The zero-order valence-corrected chi connectivity index (χ0v) is 20.1. The number of nitrogens with zero attached hydrogens (tertiary/aromatic N) is 4. The van der Waals surface area contributed by atoms with Crippen LogP contribution >= 0.6 is 11.8 Å². The molecule has 6 rings (SSSR count). The number of carbonyl (C=O) groups is 2. The molecule has 0 saturated carbocycles. The van der Waals surface area contributed by atoms with E-state index in [1.807, 2.05) is 84.6 Å². The van der Waals surface area contributed by atoms with E-state index in [4.69, 9.17) is 9.98 Å². The van der Waals surface area contributed by atoms with Gasteiger partial charge in [-0.2, -0.15) is 0 Å². The van der Waals surface area contributed by atoms with Gasteiger partial charge in [-0.25, -0.2) is 14.9 Å². The summed E-state index contributed by atoms with van der Waals surface area (Å²) in [6, 6.07) is 24.8. The molecule has 0 aliphatic carbocycles. The van der Waals surface area contributed by atoms with Crippen LogP contribution in [-0.4, -0.2) is 39.5 Å². The molecule has 3 aromatic rings. The molecule has 2 atom stereocenters. The molecule has 0 saturated heterocycles. The normalized spacial score (nSPS) is 19.0. The van der Waals surface area contributed by atoms with Crippen LogP contribution in [0.15, 0.2) is 88.8 Å². The second-order valence-electron chi connectivity index (χ2n) is 8.73. The molecule has 7 heteroatoms. The lowest BCUT2D eigenvalue weighted by Crippen LogP contribution is -2.43. The minimum absolute atomic E-state index is 0.0498. The molecule has 35 heavy (non-hydrogen) atoms. The molecule has 3 heterocycles. The third-order valence-electron chi connectivity index (χ3n) is 6.63. The number of hydrogen-bond acceptors (Lipinski definition) is 5. The molecule has 6 nitrogen and oxygen atoms in total. The van der Waals surface area contributed by atoms with Crippen molar-refractivity contribution in [3.05, 3.63) is 95.6 Å². The van der Waals surface area contributed by atoms with E-state index in [0.717, 1.165) is 28.9 Å². The van der Waals surface area contributed by atoms with Crippen molar-refractivity contribution in [2.24, 2.45) is 9.98 Å². The molecule has 0 bridgehead atoms. The summed E-state index contributed by atoms with van der Waals surface area (Å²) in [6.07, 6.45) is 1.48. The highest BCUT2D eigenvalue weighted by molar-refractivity contribution is 8.15. The highest BCUT2D eigenvalue weighted by Crippen LogP contribution is 2.39. The summed E-state index contributed by atoms with van der Waals surface area (Å²) in [5.41, 5.74) is 4.62. The number of anilines is 1. The average molecular weight is 481 g/mol.